The van der Waals surface area contributed by atoms with E-state index in [1.807, 2.05) is 12.1 Å². The molecule has 0 radical (unpaired) electrons. The first kappa shape index (κ1) is 20.3. The Bertz CT molecular complexity index is 827. The summed E-state index contributed by atoms with van der Waals surface area (Å²) in [4.78, 5) is 30.3. The lowest BCUT2D eigenvalue weighted by Crippen LogP contribution is -2.44. The molecule has 0 bridgehead atoms. The third-order valence-corrected chi connectivity index (χ3v) is 5.15. The Hall–Kier alpha value is -2.48. The summed E-state index contributed by atoms with van der Waals surface area (Å²) in [6.07, 6.45) is 4.59. The molecule has 2 heterocycles. The molecule has 0 atom stereocenters. The summed E-state index contributed by atoms with van der Waals surface area (Å²) in [5.74, 6) is -0.821. The number of halogens is 2. The van der Waals surface area contributed by atoms with Gasteiger partial charge in [0, 0.05) is 42.4 Å². The Labute approximate surface area is 171 Å². The van der Waals surface area contributed by atoms with Crippen LogP contribution in [0.3, 0.4) is 0 Å². The van der Waals surface area contributed by atoms with E-state index in [9.17, 15) is 14.0 Å². The van der Waals surface area contributed by atoms with Crippen molar-refractivity contribution in [2.24, 2.45) is 5.92 Å². The van der Waals surface area contributed by atoms with E-state index in [1.54, 1.807) is 23.4 Å². The fourth-order valence-electron chi connectivity index (χ4n) is 3.05. The molecule has 28 heavy (non-hydrogen) atoms. The molecule has 3 rings (SSSR count). The van der Waals surface area contributed by atoms with Gasteiger partial charge in [-0.1, -0.05) is 22.0 Å². The zero-order chi connectivity index (χ0) is 19.9. The number of ether oxygens (including phenoxy) is 1. The lowest BCUT2D eigenvalue weighted by Gasteiger charge is -2.31. The number of hydrogen-bond acceptors (Lipinski definition) is 4. The van der Waals surface area contributed by atoms with Gasteiger partial charge in [-0.3, -0.25) is 14.6 Å². The number of hydrogen-bond donors (Lipinski definition) is 1. The van der Waals surface area contributed by atoms with E-state index >= 15 is 0 Å². The lowest BCUT2D eigenvalue weighted by molar-refractivity contribution is -0.137. The second-order valence-corrected chi connectivity index (χ2v) is 7.51. The number of amides is 2. The van der Waals surface area contributed by atoms with E-state index < -0.39 is 5.82 Å². The first-order chi connectivity index (χ1) is 13.5. The number of piperidine rings is 1. The molecule has 1 fully saturated rings. The first-order valence-corrected chi connectivity index (χ1v) is 9.84. The molecule has 1 aliphatic heterocycles. The van der Waals surface area contributed by atoms with Crippen molar-refractivity contribution in [3.05, 3.63) is 58.6 Å². The van der Waals surface area contributed by atoms with Crippen LogP contribution in [0.1, 0.15) is 18.4 Å². The largest absolute Gasteiger partial charge is 0.481 e. The molecule has 6 nitrogen and oxygen atoms in total. The molecule has 1 N–H and O–H groups in total. The number of nitrogens with zero attached hydrogens (tertiary/aromatic N) is 2. The van der Waals surface area contributed by atoms with Crippen LogP contribution in [0.25, 0.3) is 0 Å². The van der Waals surface area contributed by atoms with Gasteiger partial charge in [-0.15, -0.1) is 0 Å². The second-order valence-electron chi connectivity index (χ2n) is 6.60. The topological polar surface area (TPSA) is 71.5 Å². The summed E-state index contributed by atoms with van der Waals surface area (Å²) < 4.78 is 19.7. The van der Waals surface area contributed by atoms with Crippen molar-refractivity contribution >= 4 is 27.7 Å². The van der Waals surface area contributed by atoms with E-state index in [0.29, 0.717) is 36.9 Å². The number of benzene rings is 1. The standard InChI is InChI=1S/C20H21BrFN3O3/c21-16-3-4-18(17(22)10-16)28-13-19(26)25-8-5-15(6-9-25)20(27)24-12-14-2-1-7-23-11-14/h1-4,7,10-11,15H,5-6,8-9,12-13H2,(H,24,27). The fourth-order valence-corrected chi connectivity index (χ4v) is 3.38. The fraction of sp³-hybridized carbons (Fsp3) is 0.350. The van der Waals surface area contributed by atoms with Crippen molar-refractivity contribution < 1.29 is 18.7 Å². The van der Waals surface area contributed by atoms with Gasteiger partial charge in [0.1, 0.15) is 0 Å². The highest BCUT2D eigenvalue weighted by Crippen LogP contribution is 2.22. The SMILES string of the molecule is O=C(NCc1cccnc1)C1CCN(C(=O)COc2ccc(Br)cc2F)CC1. The lowest BCUT2D eigenvalue weighted by atomic mass is 9.96. The number of rotatable bonds is 6. The van der Waals surface area contributed by atoms with Crippen molar-refractivity contribution in [1.29, 1.82) is 0 Å². The monoisotopic (exact) mass is 449 g/mol. The minimum Gasteiger partial charge on any atom is -0.481 e. The molecule has 2 amide bonds. The van der Waals surface area contributed by atoms with Gasteiger partial charge in [-0.2, -0.15) is 0 Å². The summed E-state index contributed by atoms with van der Waals surface area (Å²) in [6.45, 7) is 1.18. The molecule has 0 unspecified atom stereocenters. The average molecular weight is 450 g/mol. The van der Waals surface area contributed by atoms with Gasteiger partial charge in [0.15, 0.2) is 18.2 Å². The van der Waals surface area contributed by atoms with Gasteiger partial charge in [-0.25, -0.2) is 4.39 Å². The van der Waals surface area contributed by atoms with Crippen molar-refractivity contribution in [3.8, 4) is 5.75 Å². The summed E-state index contributed by atoms with van der Waals surface area (Å²) in [5, 5.41) is 2.92. The molecule has 0 saturated carbocycles. The van der Waals surface area contributed by atoms with Crippen LogP contribution in [0.5, 0.6) is 5.75 Å². The van der Waals surface area contributed by atoms with Crippen LogP contribution >= 0.6 is 15.9 Å². The molecule has 1 saturated heterocycles. The Balaban J connectivity index is 1.41. The molecule has 0 spiro atoms. The zero-order valence-corrected chi connectivity index (χ0v) is 16.8. The van der Waals surface area contributed by atoms with Crippen molar-refractivity contribution in [3.63, 3.8) is 0 Å². The van der Waals surface area contributed by atoms with Crippen LogP contribution in [0.15, 0.2) is 47.2 Å². The predicted octanol–water partition coefficient (Wildman–Crippen LogP) is 2.92. The molecule has 1 aromatic heterocycles. The third kappa shape index (κ3) is 5.51. The van der Waals surface area contributed by atoms with E-state index in [4.69, 9.17) is 4.74 Å². The number of likely N-dealkylation sites (tertiary alicyclic amines) is 1. The number of carbonyl (C=O) groups excluding carboxylic acids is 2. The second kappa shape index (κ2) is 9.64. The van der Waals surface area contributed by atoms with Crippen molar-refractivity contribution in [1.82, 2.24) is 15.2 Å². The number of carbonyl (C=O) groups is 2. The van der Waals surface area contributed by atoms with E-state index in [1.165, 1.54) is 12.1 Å². The first-order valence-electron chi connectivity index (χ1n) is 9.05. The van der Waals surface area contributed by atoms with E-state index in [2.05, 4.69) is 26.2 Å². The Morgan fingerprint density at radius 3 is 2.75 bits per heavy atom. The van der Waals surface area contributed by atoms with Gasteiger partial charge in [0.2, 0.25) is 5.91 Å². The summed E-state index contributed by atoms with van der Waals surface area (Å²) in [7, 11) is 0. The van der Waals surface area contributed by atoms with Gasteiger partial charge in [0.05, 0.1) is 0 Å². The van der Waals surface area contributed by atoms with Gasteiger partial charge in [0.25, 0.3) is 5.91 Å². The molecular weight excluding hydrogens is 429 g/mol. The third-order valence-electron chi connectivity index (χ3n) is 4.65. The van der Waals surface area contributed by atoms with Crippen LogP contribution in [-0.4, -0.2) is 41.4 Å². The normalized spacial score (nSPS) is 14.6. The van der Waals surface area contributed by atoms with Gasteiger partial charge < -0.3 is 15.0 Å². The summed E-state index contributed by atoms with van der Waals surface area (Å²) in [5.41, 5.74) is 0.945. The molecule has 148 valence electrons. The molecule has 1 aromatic carbocycles. The molecule has 0 aliphatic carbocycles. The van der Waals surface area contributed by atoms with Crippen molar-refractivity contribution in [2.45, 2.75) is 19.4 Å². The minimum absolute atomic E-state index is 0.0101. The summed E-state index contributed by atoms with van der Waals surface area (Å²) >= 11 is 3.17. The predicted molar refractivity (Wildman–Crippen MR) is 105 cm³/mol. The van der Waals surface area contributed by atoms with Crippen LogP contribution in [0, 0.1) is 11.7 Å². The summed E-state index contributed by atoms with van der Waals surface area (Å²) in [6, 6.07) is 8.15. The highest BCUT2D eigenvalue weighted by molar-refractivity contribution is 9.10. The molecular formula is C20H21BrFN3O3. The molecule has 2 aromatic rings. The Kier molecular flexibility index (Phi) is 6.97. The van der Waals surface area contributed by atoms with Crippen LogP contribution < -0.4 is 10.1 Å². The van der Waals surface area contributed by atoms with Crippen LogP contribution in [0.4, 0.5) is 4.39 Å². The highest BCUT2D eigenvalue weighted by atomic mass is 79.9. The minimum atomic E-state index is -0.522. The quantitative estimate of drug-likeness (QED) is 0.735. The highest BCUT2D eigenvalue weighted by Gasteiger charge is 2.27. The van der Waals surface area contributed by atoms with Gasteiger partial charge >= 0.3 is 0 Å². The van der Waals surface area contributed by atoms with E-state index in [0.717, 1.165) is 5.56 Å². The smallest absolute Gasteiger partial charge is 0.260 e. The molecule has 1 aliphatic rings. The van der Waals surface area contributed by atoms with E-state index in [-0.39, 0.29) is 30.1 Å². The van der Waals surface area contributed by atoms with Crippen LogP contribution in [-0.2, 0) is 16.1 Å². The Morgan fingerprint density at radius 1 is 1.29 bits per heavy atom. The zero-order valence-electron chi connectivity index (χ0n) is 15.2. The number of nitrogens with one attached hydrogen (secondary N) is 1. The number of aromatic nitrogens is 1. The maximum Gasteiger partial charge on any atom is 0.260 e. The van der Waals surface area contributed by atoms with Crippen molar-refractivity contribution in [2.75, 3.05) is 19.7 Å². The molecule has 8 heteroatoms. The Morgan fingerprint density at radius 2 is 2.07 bits per heavy atom. The van der Waals surface area contributed by atoms with Gasteiger partial charge in [-0.05, 0) is 42.7 Å². The maximum absolute atomic E-state index is 13.8. The van der Waals surface area contributed by atoms with Crippen LogP contribution in [0.2, 0.25) is 0 Å². The maximum atomic E-state index is 13.8. The average Bonchev–Trinajstić information content (AvgIpc) is 2.72. The number of pyridine rings is 1.